The standard InChI is InChI=1S/C16H19BrN2O2S.ClH/c1-21-13-10-14(22-15(13)17)16(20)19(9-5-8-18)11-12-6-3-2-4-7-12;/h2-4,6-7,10H,5,8-9,11,18H2,1H3;1H. The zero-order valence-electron chi connectivity index (χ0n) is 12.8. The molecule has 0 bridgehead atoms. The van der Waals surface area contributed by atoms with Crippen LogP contribution in [-0.4, -0.2) is 31.0 Å². The van der Waals surface area contributed by atoms with Crippen LogP contribution in [0.5, 0.6) is 5.75 Å². The SMILES string of the molecule is COc1cc(C(=O)N(CCCN)Cc2ccccc2)sc1Br.Cl. The molecule has 0 aliphatic rings. The van der Waals surface area contributed by atoms with Gasteiger partial charge in [0.15, 0.2) is 0 Å². The van der Waals surface area contributed by atoms with Crippen LogP contribution >= 0.6 is 39.7 Å². The van der Waals surface area contributed by atoms with Crippen molar-refractivity contribution in [3.05, 3.63) is 50.6 Å². The van der Waals surface area contributed by atoms with Gasteiger partial charge in [-0.3, -0.25) is 4.79 Å². The molecule has 4 nitrogen and oxygen atoms in total. The summed E-state index contributed by atoms with van der Waals surface area (Å²) in [5, 5.41) is 0. The highest BCUT2D eigenvalue weighted by atomic mass is 79.9. The average molecular weight is 420 g/mol. The fourth-order valence-corrected chi connectivity index (χ4v) is 3.71. The van der Waals surface area contributed by atoms with Crippen molar-refractivity contribution in [3.8, 4) is 5.75 Å². The van der Waals surface area contributed by atoms with E-state index in [-0.39, 0.29) is 18.3 Å². The largest absolute Gasteiger partial charge is 0.495 e. The van der Waals surface area contributed by atoms with Gasteiger partial charge in [0, 0.05) is 19.2 Å². The summed E-state index contributed by atoms with van der Waals surface area (Å²) >= 11 is 4.81. The molecule has 1 heterocycles. The molecule has 0 radical (unpaired) electrons. The fourth-order valence-electron chi connectivity index (χ4n) is 2.09. The number of nitrogens with zero attached hydrogens (tertiary/aromatic N) is 1. The first-order chi connectivity index (χ1) is 10.7. The van der Waals surface area contributed by atoms with Crippen molar-refractivity contribution in [1.82, 2.24) is 4.90 Å². The topological polar surface area (TPSA) is 55.6 Å². The third kappa shape index (κ3) is 5.49. The smallest absolute Gasteiger partial charge is 0.264 e. The zero-order chi connectivity index (χ0) is 15.9. The highest BCUT2D eigenvalue weighted by Crippen LogP contribution is 2.35. The lowest BCUT2D eigenvalue weighted by Crippen LogP contribution is -2.32. The van der Waals surface area contributed by atoms with Crippen molar-refractivity contribution < 1.29 is 9.53 Å². The van der Waals surface area contributed by atoms with Crippen LogP contribution < -0.4 is 10.5 Å². The quantitative estimate of drug-likeness (QED) is 0.740. The van der Waals surface area contributed by atoms with E-state index < -0.39 is 0 Å². The zero-order valence-corrected chi connectivity index (χ0v) is 16.0. The fraction of sp³-hybridized carbons (Fsp3) is 0.312. The van der Waals surface area contributed by atoms with Crippen molar-refractivity contribution in [2.45, 2.75) is 13.0 Å². The van der Waals surface area contributed by atoms with Crippen LogP contribution in [-0.2, 0) is 6.54 Å². The summed E-state index contributed by atoms with van der Waals surface area (Å²) in [6, 6.07) is 11.7. The van der Waals surface area contributed by atoms with Gasteiger partial charge in [-0.1, -0.05) is 30.3 Å². The van der Waals surface area contributed by atoms with E-state index in [4.69, 9.17) is 10.5 Å². The minimum Gasteiger partial charge on any atom is -0.495 e. The lowest BCUT2D eigenvalue weighted by molar-refractivity contribution is 0.0747. The Morgan fingerprint density at radius 2 is 2.04 bits per heavy atom. The molecule has 0 aliphatic carbocycles. The van der Waals surface area contributed by atoms with Gasteiger partial charge in [0.1, 0.15) is 9.54 Å². The molecule has 0 aliphatic heterocycles. The summed E-state index contributed by atoms with van der Waals surface area (Å²) in [5.74, 6) is 0.693. The Hall–Kier alpha value is -1.08. The molecule has 0 spiro atoms. The van der Waals surface area contributed by atoms with Crippen molar-refractivity contribution >= 4 is 45.6 Å². The van der Waals surface area contributed by atoms with Gasteiger partial charge >= 0.3 is 0 Å². The van der Waals surface area contributed by atoms with Gasteiger partial charge < -0.3 is 15.4 Å². The Balaban J connectivity index is 0.00000264. The number of ether oxygens (including phenoxy) is 1. The molecular weight excluding hydrogens is 400 g/mol. The Labute approximate surface area is 155 Å². The first kappa shape index (κ1) is 20.0. The number of carbonyl (C=O) groups excluding carboxylic acids is 1. The van der Waals surface area contributed by atoms with Gasteiger partial charge in [-0.05, 0) is 34.5 Å². The highest BCUT2D eigenvalue weighted by Gasteiger charge is 2.20. The summed E-state index contributed by atoms with van der Waals surface area (Å²) in [5.41, 5.74) is 6.70. The predicted octanol–water partition coefficient (Wildman–Crippen LogP) is 3.93. The third-order valence-electron chi connectivity index (χ3n) is 3.22. The first-order valence-corrected chi connectivity index (χ1v) is 8.63. The lowest BCUT2D eigenvalue weighted by atomic mass is 10.2. The summed E-state index contributed by atoms with van der Waals surface area (Å²) in [7, 11) is 1.59. The number of rotatable bonds is 7. The number of thiophene rings is 1. The molecule has 0 saturated heterocycles. The highest BCUT2D eigenvalue weighted by molar-refractivity contribution is 9.11. The van der Waals surface area contributed by atoms with Crippen LogP contribution in [0, 0.1) is 0 Å². The molecule has 1 aromatic heterocycles. The van der Waals surface area contributed by atoms with Gasteiger partial charge in [-0.2, -0.15) is 0 Å². The minimum absolute atomic E-state index is 0. The Kier molecular flexibility index (Phi) is 8.62. The summed E-state index contributed by atoms with van der Waals surface area (Å²) in [6.45, 7) is 1.79. The van der Waals surface area contributed by atoms with E-state index in [0.717, 1.165) is 15.8 Å². The first-order valence-electron chi connectivity index (χ1n) is 7.02. The summed E-state index contributed by atoms with van der Waals surface area (Å²) in [6.07, 6.45) is 0.780. The number of nitrogens with two attached hydrogens (primary N) is 1. The van der Waals surface area contributed by atoms with Crippen molar-refractivity contribution in [2.24, 2.45) is 5.73 Å². The van der Waals surface area contributed by atoms with Crippen LogP contribution in [0.2, 0.25) is 0 Å². The second kappa shape index (κ2) is 9.93. The molecule has 2 aromatic rings. The third-order valence-corrected chi connectivity index (χ3v) is 4.99. The van der Waals surface area contributed by atoms with E-state index in [1.54, 1.807) is 13.2 Å². The lowest BCUT2D eigenvalue weighted by Gasteiger charge is -2.22. The van der Waals surface area contributed by atoms with E-state index in [0.29, 0.717) is 30.3 Å². The number of hydrogen-bond acceptors (Lipinski definition) is 4. The molecular formula is C16H20BrClN2O2S. The maximum Gasteiger partial charge on any atom is 0.264 e. The van der Waals surface area contributed by atoms with Gasteiger partial charge in [0.25, 0.3) is 5.91 Å². The molecule has 0 unspecified atom stereocenters. The van der Waals surface area contributed by atoms with Gasteiger partial charge in [0.05, 0.1) is 12.0 Å². The van der Waals surface area contributed by atoms with Crippen molar-refractivity contribution in [3.63, 3.8) is 0 Å². The molecule has 1 aromatic carbocycles. The van der Waals surface area contributed by atoms with Crippen LogP contribution in [0.3, 0.4) is 0 Å². The normalized spacial score (nSPS) is 10.0. The van der Waals surface area contributed by atoms with Crippen LogP contribution in [0.15, 0.2) is 40.2 Å². The summed E-state index contributed by atoms with van der Waals surface area (Å²) in [4.78, 5) is 15.3. The Morgan fingerprint density at radius 1 is 1.35 bits per heavy atom. The number of amides is 1. The molecule has 1 amide bonds. The second-order valence-corrected chi connectivity index (χ2v) is 7.18. The number of halogens is 2. The van der Waals surface area contributed by atoms with Gasteiger partial charge in [-0.25, -0.2) is 0 Å². The molecule has 0 saturated carbocycles. The van der Waals surface area contributed by atoms with E-state index in [9.17, 15) is 4.79 Å². The van der Waals surface area contributed by atoms with E-state index in [1.807, 2.05) is 35.2 Å². The van der Waals surface area contributed by atoms with Crippen LogP contribution in [0.1, 0.15) is 21.7 Å². The number of carbonyl (C=O) groups is 1. The maximum atomic E-state index is 12.8. The van der Waals surface area contributed by atoms with Crippen LogP contribution in [0.4, 0.5) is 0 Å². The van der Waals surface area contributed by atoms with E-state index in [1.165, 1.54) is 11.3 Å². The Bertz CT molecular complexity index is 622. The molecule has 2 rings (SSSR count). The van der Waals surface area contributed by atoms with Crippen molar-refractivity contribution in [2.75, 3.05) is 20.2 Å². The number of methoxy groups -OCH3 is 1. The second-order valence-electron chi connectivity index (χ2n) is 4.81. The molecule has 2 N–H and O–H groups in total. The molecule has 23 heavy (non-hydrogen) atoms. The van der Waals surface area contributed by atoms with E-state index in [2.05, 4.69) is 15.9 Å². The predicted molar refractivity (Wildman–Crippen MR) is 101 cm³/mol. The number of hydrogen-bond donors (Lipinski definition) is 1. The van der Waals surface area contributed by atoms with Gasteiger partial charge in [0.2, 0.25) is 0 Å². The summed E-state index contributed by atoms with van der Waals surface area (Å²) < 4.78 is 6.06. The van der Waals surface area contributed by atoms with Crippen molar-refractivity contribution in [1.29, 1.82) is 0 Å². The molecule has 7 heteroatoms. The van der Waals surface area contributed by atoms with E-state index >= 15 is 0 Å². The monoisotopic (exact) mass is 418 g/mol. The molecule has 126 valence electrons. The minimum atomic E-state index is 0. The number of benzene rings is 1. The maximum absolute atomic E-state index is 12.8. The molecule has 0 fully saturated rings. The van der Waals surface area contributed by atoms with Crippen LogP contribution in [0.25, 0.3) is 0 Å². The molecule has 0 atom stereocenters. The Morgan fingerprint density at radius 3 is 2.61 bits per heavy atom. The van der Waals surface area contributed by atoms with Gasteiger partial charge in [-0.15, -0.1) is 23.7 Å². The average Bonchev–Trinajstić information content (AvgIpc) is 2.92.